The fraction of sp³-hybridized carbons (Fsp3) is 0.227. The molecule has 9 heteroatoms. The van der Waals surface area contributed by atoms with E-state index in [9.17, 15) is 9.59 Å². The van der Waals surface area contributed by atoms with Crippen molar-refractivity contribution in [2.75, 3.05) is 18.2 Å². The number of aromatic nitrogens is 2. The number of hydrogen-bond donors (Lipinski definition) is 1. The molecule has 1 aliphatic heterocycles. The lowest BCUT2D eigenvalue weighted by Crippen LogP contribution is -2.24. The fourth-order valence-corrected chi connectivity index (χ4v) is 5.39. The zero-order valence-electron chi connectivity index (χ0n) is 16.9. The van der Waals surface area contributed by atoms with Gasteiger partial charge in [0.05, 0.1) is 34.8 Å². The molecule has 31 heavy (non-hydrogen) atoms. The molecule has 1 atom stereocenters. The van der Waals surface area contributed by atoms with Crippen LogP contribution in [0.25, 0.3) is 5.69 Å². The standard InChI is InChI=1S/C22H20ClN3O3S2/c1-13-10-17-20(31-13)21(28)26(15-6-4-3-5-7-15)22(25-17)30-12-19(27)24-16-11-14(23)8-9-18(16)29-2/h3-9,11,13H,10,12H2,1-2H3,(H,24,27). The van der Waals surface area contributed by atoms with Crippen LogP contribution in [0.15, 0.2) is 63.4 Å². The molecule has 6 nitrogen and oxygen atoms in total. The molecule has 0 aliphatic carbocycles. The normalized spacial score (nSPS) is 14.9. The number of methoxy groups -OCH3 is 1. The van der Waals surface area contributed by atoms with Crippen molar-refractivity contribution in [2.24, 2.45) is 0 Å². The van der Waals surface area contributed by atoms with Crippen molar-refractivity contribution < 1.29 is 9.53 Å². The van der Waals surface area contributed by atoms with Gasteiger partial charge in [-0.05, 0) is 30.3 Å². The van der Waals surface area contributed by atoms with E-state index in [-0.39, 0.29) is 17.2 Å². The number of benzene rings is 2. The third kappa shape index (κ3) is 4.76. The molecule has 0 saturated heterocycles. The summed E-state index contributed by atoms with van der Waals surface area (Å²) in [7, 11) is 1.53. The zero-order valence-corrected chi connectivity index (χ0v) is 19.3. The molecule has 0 saturated carbocycles. The molecule has 160 valence electrons. The fourth-order valence-electron chi connectivity index (χ4n) is 3.30. The van der Waals surface area contributed by atoms with Crippen LogP contribution in [0.1, 0.15) is 12.6 Å². The van der Waals surface area contributed by atoms with Gasteiger partial charge in [-0.2, -0.15) is 0 Å². The molecule has 0 radical (unpaired) electrons. The van der Waals surface area contributed by atoms with E-state index in [2.05, 4.69) is 12.2 Å². The molecular weight excluding hydrogens is 454 g/mol. The first-order chi connectivity index (χ1) is 15.0. The number of nitrogens with zero attached hydrogens (tertiary/aromatic N) is 2. The second-order valence-electron chi connectivity index (χ2n) is 6.96. The number of ether oxygens (including phenoxy) is 1. The molecule has 2 aromatic carbocycles. The number of para-hydroxylation sites is 1. The van der Waals surface area contributed by atoms with Crippen LogP contribution in [0.3, 0.4) is 0 Å². The summed E-state index contributed by atoms with van der Waals surface area (Å²) >= 11 is 8.82. The Bertz CT molecular complexity index is 1180. The number of thioether (sulfide) groups is 2. The van der Waals surface area contributed by atoms with Crippen molar-refractivity contribution in [1.82, 2.24) is 9.55 Å². The van der Waals surface area contributed by atoms with E-state index in [1.54, 1.807) is 34.5 Å². The van der Waals surface area contributed by atoms with Crippen LogP contribution in [-0.2, 0) is 11.2 Å². The minimum absolute atomic E-state index is 0.0798. The van der Waals surface area contributed by atoms with E-state index < -0.39 is 0 Å². The number of amides is 1. The molecule has 1 unspecified atom stereocenters. The van der Waals surface area contributed by atoms with E-state index in [0.29, 0.717) is 31.8 Å². The van der Waals surface area contributed by atoms with Gasteiger partial charge in [0.1, 0.15) is 5.75 Å². The smallest absolute Gasteiger partial charge is 0.272 e. The summed E-state index contributed by atoms with van der Waals surface area (Å²) in [5.41, 5.74) is 1.93. The van der Waals surface area contributed by atoms with Gasteiger partial charge in [-0.15, -0.1) is 11.8 Å². The second-order valence-corrected chi connectivity index (χ2v) is 9.79. The molecule has 0 bridgehead atoms. The molecule has 1 amide bonds. The summed E-state index contributed by atoms with van der Waals surface area (Å²) in [5.74, 6) is 0.351. The Morgan fingerprint density at radius 1 is 1.32 bits per heavy atom. The van der Waals surface area contributed by atoms with E-state index >= 15 is 0 Å². The number of carbonyl (C=O) groups excluding carboxylic acids is 1. The SMILES string of the molecule is COc1ccc(Cl)cc1NC(=O)CSc1nc2c(c(=O)n1-c1ccccc1)SC(C)C2. The van der Waals surface area contributed by atoms with Gasteiger partial charge < -0.3 is 10.1 Å². The van der Waals surface area contributed by atoms with Gasteiger partial charge in [-0.3, -0.25) is 14.2 Å². The average Bonchev–Trinajstić information content (AvgIpc) is 3.14. The van der Waals surface area contributed by atoms with Gasteiger partial charge in [-0.25, -0.2) is 4.98 Å². The Morgan fingerprint density at radius 2 is 2.10 bits per heavy atom. The predicted octanol–water partition coefficient (Wildman–Crippen LogP) is 4.66. The van der Waals surface area contributed by atoms with Crippen molar-refractivity contribution in [1.29, 1.82) is 0 Å². The quantitative estimate of drug-likeness (QED) is 0.414. The molecule has 1 aromatic heterocycles. The van der Waals surface area contributed by atoms with Crippen molar-refractivity contribution in [3.05, 3.63) is 69.6 Å². The minimum Gasteiger partial charge on any atom is -0.495 e. The number of halogens is 1. The number of rotatable bonds is 6. The topological polar surface area (TPSA) is 73.2 Å². The van der Waals surface area contributed by atoms with Crippen LogP contribution < -0.4 is 15.6 Å². The van der Waals surface area contributed by atoms with Gasteiger partial charge in [0, 0.05) is 16.7 Å². The highest BCUT2D eigenvalue weighted by atomic mass is 35.5. The second kappa shape index (κ2) is 9.38. The number of fused-ring (bicyclic) bond motifs is 1. The molecule has 1 N–H and O–H groups in total. The van der Waals surface area contributed by atoms with Crippen LogP contribution in [0, 0.1) is 0 Å². The highest BCUT2D eigenvalue weighted by Crippen LogP contribution is 2.35. The average molecular weight is 474 g/mol. The number of anilines is 1. The third-order valence-corrected chi connectivity index (χ3v) is 7.05. The van der Waals surface area contributed by atoms with Gasteiger partial charge in [0.25, 0.3) is 5.56 Å². The Kier molecular flexibility index (Phi) is 6.60. The third-order valence-electron chi connectivity index (χ3n) is 4.66. The summed E-state index contributed by atoms with van der Waals surface area (Å²) in [6.45, 7) is 2.08. The number of nitrogens with one attached hydrogen (secondary N) is 1. The zero-order chi connectivity index (χ0) is 22.0. The summed E-state index contributed by atoms with van der Waals surface area (Å²) in [5, 5.41) is 4.11. The van der Waals surface area contributed by atoms with Crippen molar-refractivity contribution >= 4 is 46.7 Å². The highest BCUT2D eigenvalue weighted by Gasteiger charge is 2.27. The molecule has 1 aliphatic rings. The van der Waals surface area contributed by atoms with Crippen LogP contribution in [0.4, 0.5) is 5.69 Å². The van der Waals surface area contributed by atoms with E-state index in [1.165, 1.54) is 18.9 Å². The van der Waals surface area contributed by atoms with E-state index in [0.717, 1.165) is 17.8 Å². The van der Waals surface area contributed by atoms with Crippen molar-refractivity contribution in [2.45, 2.75) is 28.6 Å². The summed E-state index contributed by atoms with van der Waals surface area (Å²) in [6.07, 6.45) is 0.740. The number of carbonyl (C=O) groups is 1. The van der Waals surface area contributed by atoms with E-state index in [4.69, 9.17) is 21.3 Å². The van der Waals surface area contributed by atoms with E-state index in [1.807, 2.05) is 30.3 Å². The van der Waals surface area contributed by atoms with Crippen LogP contribution in [0.5, 0.6) is 5.75 Å². The summed E-state index contributed by atoms with van der Waals surface area (Å²) in [4.78, 5) is 31.3. The van der Waals surface area contributed by atoms with Crippen LogP contribution in [-0.4, -0.2) is 33.6 Å². The summed E-state index contributed by atoms with van der Waals surface area (Å²) in [6, 6.07) is 14.4. The largest absolute Gasteiger partial charge is 0.495 e. The maximum Gasteiger partial charge on any atom is 0.272 e. The Labute approximate surface area is 193 Å². The van der Waals surface area contributed by atoms with Gasteiger partial charge in [-0.1, -0.05) is 48.5 Å². The lowest BCUT2D eigenvalue weighted by atomic mass is 10.2. The molecule has 0 spiro atoms. The highest BCUT2D eigenvalue weighted by molar-refractivity contribution is 8.00. The van der Waals surface area contributed by atoms with Gasteiger partial charge >= 0.3 is 0 Å². The first-order valence-corrected chi connectivity index (χ1v) is 11.8. The lowest BCUT2D eigenvalue weighted by Gasteiger charge is -2.14. The maximum atomic E-state index is 13.2. The van der Waals surface area contributed by atoms with Crippen LogP contribution in [0.2, 0.25) is 5.02 Å². The Morgan fingerprint density at radius 3 is 2.84 bits per heavy atom. The minimum atomic E-state index is -0.248. The Balaban J connectivity index is 1.61. The monoisotopic (exact) mass is 473 g/mol. The van der Waals surface area contributed by atoms with Gasteiger partial charge in [0.15, 0.2) is 5.16 Å². The Hall–Kier alpha value is -2.42. The molecule has 3 aromatic rings. The molecular formula is C22H20ClN3O3S2. The summed E-state index contributed by atoms with van der Waals surface area (Å²) < 4.78 is 6.86. The molecule has 0 fully saturated rings. The number of hydrogen-bond acceptors (Lipinski definition) is 6. The van der Waals surface area contributed by atoms with Crippen LogP contribution >= 0.6 is 35.1 Å². The maximum absolute atomic E-state index is 13.2. The molecule has 4 rings (SSSR count). The lowest BCUT2D eigenvalue weighted by molar-refractivity contribution is -0.113. The molecule has 2 heterocycles. The first-order valence-electron chi connectivity index (χ1n) is 9.60. The van der Waals surface area contributed by atoms with Gasteiger partial charge in [0.2, 0.25) is 5.91 Å². The predicted molar refractivity (Wildman–Crippen MR) is 126 cm³/mol. The first kappa shape index (κ1) is 21.8. The van der Waals surface area contributed by atoms with Crippen molar-refractivity contribution in [3.8, 4) is 11.4 Å². The van der Waals surface area contributed by atoms with Crippen molar-refractivity contribution in [3.63, 3.8) is 0 Å².